The zero-order chi connectivity index (χ0) is 16.0. The molecule has 0 saturated heterocycles. The lowest BCUT2D eigenvalue weighted by Crippen LogP contribution is -2.01. The molecule has 0 aliphatic heterocycles. The van der Waals surface area contributed by atoms with Gasteiger partial charge in [-0.25, -0.2) is 0 Å². The maximum atomic E-state index is 10.2. The van der Waals surface area contributed by atoms with Crippen LogP contribution in [0.5, 0.6) is 0 Å². The summed E-state index contributed by atoms with van der Waals surface area (Å²) in [6.45, 7) is 4.14. The Morgan fingerprint density at radius 2 is 1.41 bits per heavy atom. The Hall–Kier alpha value is -1.66. The Morgan fingerprint density at radius 1 is 0.909 bits per heavy atom. The van der Waals surface area contributed by atoms with Gasteiger partial charge in [0, 0.05) is 6.92 Å². The van der Waals surface area contributed by atoms with Gasteiger partial charge in [-0.3, -0.25) is 4.79 Å². The number of carbonyl (C=O) groups is 1. The van der Waals surface area contributed by atoms with E-state index in [0.717, 1.165) is 21.4 Å². The molecular weight excluding hydrogens is 291 g/mol. The largest absolute Gasteiger partial charge is 0.466 e. The van der Waals surface area contributed by atoms with Crippen LogP contribution in [0.3, 0.4) is 0 Å². The van der Waals surface area contributed by atoms with E-state index >= 15 is 0 Å². The van der Waals surface area contributed by atoms with Gasteiger partial charge in [-0.15, -0.1) is 0 Å². The minimum Gasteiger partial charge on any atom is -0.466 e. The zero-order valence-corrected chi connectivity index (χ0v) is 14.4. The average molecular weight is 316 g/mol. The van der Waals surface area contributed by atoms with Crippen LogP contribution >= 0.6 is 8.58 Å². The molecule has 118 valence electrons. The Kier molecular flexibility index (Phi) is 9.98. The summed E-state index contributed by atoms with van der Waals surface area (Å²) < 4.78 is 4.70. The summed E-state index contributed by atoms with van der Waals surface area (Å²) >= 11 is 0. The van der Waals surface area contributed by atoms with E-state index in [-0.39, 0.29) is 5.97 Å². The topological polar surface area (TPSA) is 26.3 Å². The molecule has 0 radical (unpaired) electrons. The number of benzene rings is 2. The molecule has 2 aromatic rings. The molecule has 0 N–H and O–H groups in total. The van der Waals surface area contributed by atoms with E-state index in [1.807, 2.05) is 0 Å². The standard InChI is InChI=1S/C12H11P.C7H14O2/c1-3-7-11(8-4-1)13-12-9-5-2-6-10-12;1-3-4-5-6-9-7(2)8/h1-10,13H;3-6H2,1-2H3. The molecule has 2 aromatic carbocycles. The van der Waals surface area contributed by atoms with Gasteiger partial charge in [-0.05, 0) is 17.0 Å². The Labute approximate surface area is 135 Å². The van der Waals surface area contributed by atoms with E-state index in [9.17, 15) is 4.79 Å². The SMILES string of the molecule is CCCCCOC(C)=O.c1ccc(Pc2ccccc2)cc1. The van der Waals surface area contributed by atoms with Gasteiger partial charge in [0.2, 0.25) is 0 Å². The van der Waals surface area contributed by atoms with Crippen molar-refractivity contribution in [3.8, 4) is 0 Å². The van der Waals surface area contributed by atoms with E-state index < -0.39 is 0 Å². The quantitative estimate of drug-likeness (QED) is 0.456. The molecule has 0 bridgehead atoms. The number of rotatable bonds is 6. The van der Waals surface area contributed by atoms with Gasteiger partial charge in [-0.1, -0.05) is 89.0 Å². The third kappa shape index (κ3) is 9.31. The molecule has 2 rings (SSSR count). The Bertz CT molecular complexity index is 474. The van der Waals surface area contributed by atoms with Crippen LogP contribution in [0.15, 0.2) is 60.7 Å². The summed E-state index contributed by atoms with van der Waals surface area (Å²) in [5, 5.41) is 2.79. The molecule has 0 spiro atoms. The molecule has 0 saturated carbocycles. The third-order valence-corrected chi connectivity index (χ3v) is 4.13. The average Bonchev–Trinajstić information content (AvgIpc) is 2.54. The highest BCUT2D eigenvalue weighted by Crippen LogP contribution is 2.08. The van der Waals surface area contributed by atoms with E-state index in [4.69, 9.17) is 4.74 Å². The van der Waals surface area contributed by atoms with Crippen LogP contribution in [0.1, 0.15) is 33.1 Å². The number of hydrogen-bond donors (Lipinski definition) is 0. The second kappa shape index (κ2) is 11.9. The van der Waals surface area contributed by atoms with Crippen molar-refractivity contribution in [3.63, 3.8) is 0 Å². The summed E-state index contributed by atoms with van der Waals surface area (Å²) in [5.74, 6) is -0.175. The normalized spacial score (nSPS) is 9.55. The molecule has 3 heteroatoms. The van der Waals surface area contributed by atoms with Gasteiger partial charge >= 0.3 is 5.97 Å². The predicted molar refractivity (Wildman–Crippen MR) is 96.6 cm³/mol. The van der Waals surface area contributed by atoms with Crippen molar-refractivity contribution in [1.82, 2.24) is 0 Å². The van der Waals surface area contributed by atoms with Gasteiger partial charge in [0.1, 0.15) is 0 Å². The first-order valence-electron chi connectivity index (χ1n) is 7.73. The van der Waals surface area contributed by atoms with Gasteiger partial charge in [0.05, 0.1) is 6.61 Å². The van der Waals surface area contributed by atoms with Crippen LogP contribution in [0.25, 0.3) is 0 Å². The first-order valence-corrected chi connectivity index (χ1v) is 8.73. The highest BCUT2D eigenvalue weighted by Gasteiger charge is 1.92. The van der Waals surface area contributed by atoms with Crippen LogP contribution < -0.4 is 10.6 Å². The molecule has 0 amide bonds. The fourth-order valence-electron chi connectivity index (χ4n) is 1.78. The second-order valence-corrected chi connectivity index (χ2v) is 6.31. The molecular formula is C19H25O2P. The number of esters is 1. The summed E-state index contributed by atoms with van der Waals surface area (Å²) in [6, 6.07) is 21.2. The summed E-state index contributed by atoms with van der Waals surface area (Å²) in [6.07, 6.45) is 3.31. The number of carbonyl (C=O) groups excluding carboxylic acids is 1. The smallest absolute Gasteiger partial charge is 0.302 e. The molecule has 0 fully saturated rings. The predicted octanol–water partition coefficient (Wildman–Crippen LogP) is 4.06. The highest BCUT2D eigenvalue weighted by molar-refractivity contribution is 7.55. The van der Waals surface area contributed by atoms with E-state index in [2.05, 4.69) is 67.6 Å². The summed E-state index contributed by atoms with van der Waals surface area (Å²) in [4.78, 5) is 10.2. The Balaban J connectivity index is 0.000000239. The second-order valence-electron chi connectivity index (χ2n) is 4.90. The van der Waals surface area contributed by atoms with Crippen LogP contribution in [0.2, 0.25) is 0 Å². The molecule has 0 aromatic heterocycles. The van der Waals surface area contributed by atoms with Crippen molar-refractivity contribution in [3.05, 3.63) is 60.7 Å². The molecule has 2 nitrogen and oxygen atoms in total. The van der Waals surface area contributed by atoms with Crippen LogP contribution in [0, 0.1) is 0 Å². The Morgan fingerprint density at radius 3 is 1.82 bits per heavy atom. The maximum Gasteiger partial charge on any atom is 0.302 e. The van der Waals surface area contributed by atoms with Gasteiger partial charge < -0.3 is 4.74 Å². The van der Waals surface area contributed by atoms with E-state index in [1.54, 1.807) is 0 Å². The zero-order valence-electron chi connectivity index (χ0n) is 13.4. The first-order chi connectivity index (χ1) is 10.7. The minimum absolute atomic E-state index is 0.175. The molecule has 22 heavy (non-hydrogen) atoms. The third-order valence-electron chi connectivity index (χ3n) is 2.89. The lowest BCUT2D eigenvalue weighted by molar-refractivity contribution is -0.141. The molecule has 0 unspecified atom stereocenters. The lowest BCUT2D eigenvalue weighted by Gasteiger charge is -2.00. The van der Waals surface area contributed by atoms with Crippen molar-refractivity contribution in [2.45, 2.75) is 33.1 Å². The first kappa shape index (κ1) is 18.4. The van der Waals surface area contributed by atoms with Crippen molar-refractivity contribution in [2.75, 3.05) is 6.61 Å². The van der Waals surface area contributed by atoms with Crippen LogP contribution in [-0.4, -0.2) is 12.6 Å². The highest BCUT2D eigenvalue weighted by atomic mass is 31.1. The fourth-order valence-corrected chi connectivity index (χ4v) is 2.83. The number of unbranched alkanes of at least 4 members (excludes halogenated alkanes) is 2. The van der Waals surface area contributed by atoms with E-state index in [0.29, 0.717) is 6.61 Å². The number of hydrogen-bond acceptors (Lipinski definition) is 2. The summed E-state index contributed by atoms with van der Waals surface area (Å²) in [5.41, 5.74) is 0. The van der Waals surface area contributed by atoms with E-state index in [1.165, 1.54) is 24.0 Å². The van der Waals surface area contributed by atoms with Crippen LogP contribution in [-0.2, 0) is 9.53 Å². The molecule has 0 atom stereocenters. The van der Waals surface area contributed by atoms with Gasteiger partial charge in [0.15, 0.2) is 0 Å². The maximum absolute atomic E-state index is 10.2. The van der Waals surface area contributed by atoms with Crippen molar-refractivity contribution >= 4 is 25.2 Å². The van der Waals surface area contributed by atoms with Gasteiger partial charge in [0.25, 0.3) is 0 Å². The number of ether oxygens (including phenoxy) is 1. The van der Waals surface area contributed by atoms with Crippen LogP contribution in [0.4, 0.5) is 0 Å². The molecule has 0 aliphatic rings. The molecule has 0 heterocycles. The lowest BCUT2D eigenvalue weighted by atomic mass is 10.3. The van der Waals surface area contributed by atoms with Gasteiger partial charge in [-0.2, -0.15) is 0 Å². The van der Waals surface area contributed by atoms with Crippen molar-refractivity contribution < 1.29 is 9.53 Å². The van der Waals surface area contributed by atoms with Crippen molar-refractivity contribution in [2.24, 2.45) is 0 Å². The summed E-state index contributed by atoms with van der Waals surface area (Å²) in [7, 11) is 0.777. The van der Waals surface area contributed by atoms with Crippen molar-refractivity contribution in [1.29, 1.82) is 0 Å². The monoisotopic (exact) mass is 316 g/mol. The molecule has 0 aliphatic carbocycles. The fraction of sp³-hybridized carbons (Fsp3) is 0.316. The minimum atomic E-state index is -0.175.